The van der Waals surface area contributed by atoms with E-state index in [4.69, 9.17) is 14.2 Å². The molecular formula is C15H28O5. The van der Waals surface area contributed by atoms with Crippen molar-refractivity contribution in [3.8, 4) is 0 Å². The predicted octanol–water partition coefficient (Wildman–Crippen LogP) is 2.57. The van der Waals surface area contributed by atoms with Gasteiger partial charge >= 0.3 is 11.9 Å². The number of ether oxygens (including phenoxy) is 3. The number of esters is 2. The van der Waals surface area contributed by atoms with Crippen LogP contribution in [-0.4, -0.2) is 37.4 Å². The van der Waals surface area contributed by atoms with Crippen LogP contribution in [0.15, 0.2) is 0 Å². The molecule has 0 fully saturated rings. The largest absolute Gasteiger partial charge is 0.463 e. The lowest BCUT2D eigenvalue weighted by Gasteiger charge is -2.18. The van der Waals surface area contributed by atoms with Crippen molar-refractivity contribution in [3.63, 3.8) is 0 Å². The number of hydrogen-bond acceptors (Lipinski definition) is 5. The number of carbonyl (C=O) groups excluding carboxylic acids is 2. The van der Waals surface area contributed by atoms with Crippen LogP contribution in [0.3, 0.4) is 0 Å². The Kier molecular flexibility index (Phi) is 9.21. The van der Waals surface area contributed by atoms with E-state index in [1.165, 1.54) is 0 Å². The molecule has 0 rings (SSSR count). The summed E-state index contributed by atoms with van der Waals surface area (Å²) >= 11 is 0. The zero-order valence-electron chi connectivity index (χ0n) is 13.5. The molecule has 0 saturated carbocycles. The SMILES string of the molecule is CC(C)CC(=O)OC(C)COC(C)COC(=O)C(C)C. The molecule has 20 heavy (non-hydrogen) atoms. The van der Waals surface area contributed by atoms with Gasteiger partial charge in [-0.3, -0.25) is 9.59 Å². The molecule has 0 saturated heterocycles. The lowest BCUT2D eigenvalue weighted by molar-refractivity contribution is -0.156. The molecule has 0 aromatic carbocycles. The van der Waals surface area contributed by atoms with E-state index < -0.39 is 0 Å². The smallest absolute Gasteiger partial charge is 0.308 e. The molecule has 0 spiro atoms. The van der Waals surface area contributed by atoms with Crippen LogP contribution in [0.5, 0.6) is 0 Å². The third-order valence-electron chi connectivity index (χ3n) is 2.45. The monoisotopic (exact) mass is 288 g/mol. The summed E-state index contributed by atoms with van der Waals surface area (Å²) in [6.07, 6.45) is -0.111. The van der Waals surface area contributed by atoms with Crippen molar-refractivity contribution in [1.82, 2.24) is 0 Å². The predicted molar refractivity (Wildman–Crippen MR) is 76.2 cm³/mol. The highest BCUT2D eigenvalue weighted by molar-refractivity contribution is 5.71. The van der Waals surface area contributed by atoms with Gasteiger partial charge in [0.2, 0.25) is 0 Å². The normalized spacial score (nSPS) is 14.2. The van der Waals surface area contributed by atoms with E-state index in [-0.39, 0.29) is 42.6 Å². The molecular weight excluding hydrogens is 260 g/mol. The maximum atomic E-state index is 11.5. The van der Waals surface area contributed by atoms with Gasteiger partial charge in [0, 0.05) is 6.42 Å². The Labute approximate surface area is 122 Å². The summed E-state index contributed by atoms with van der Waals surface area (Å²) in [4.78, 5) is 22.7. The fourth-order valence-corrected chi connectivity index (χ4v) is 1.35. The third-order valence-corrected chi connectivity index (χ3v) is 2.45. The molecule has 2 unspecified atom stereocenters. The van der Waals surface area contributed by atoms with Gasteiger partial charge in [-0.1, -0.05) is 27.7 Å². The number of carbonyl (C=O) groups is 2. The van der Waals surface area contributed by atoms with E-state index in [0.717, 1.165) is 0 Å². The second-order valence-electron chi connectivity index (χ2n) is 5.83. The first-order valence-electron chi connectivity index (χ1n) is 7.20. The van der Waals surface area contributed by atoms with Gasteiger partial charge in [0.25, 0.3) is 0 Å². The first-order chi connectivity index (χ1) is 9.22. The minimum Gasteiger partial charge on any atom is -0.463 e. The van der Waals surface area contributed by atoms with E-state index >= 15 is 0 Å². The molecule has 0 bridgehead atoms. The Morgan fingerprint density at radius 2 is 1.50 bits per heavy atom. The maximum absolute atomic E-state index is 11.5. The molecule has 2 atom stereocenters. The lowest BCUT2D eigenvalue weighted by Crippen LogP contribution is -2.27. The van der Waals surface area contributed by atoms with Crippen molar-refractivity contribution in [2.45, 2.75) is 60.2 Å². The van der Waals surface area contributed by atoms with Gasteiger partial charge in [-0.2, -0.15) is 0 Å². The van der Waals surface area contributed by atoms with Crippen LogP contribution in [-0.2, 0) is 23.8 Å². The minimum atomic E-state index is -0.301. The molecule has 0 heterocycles. The lowest BCUT2D eigenvalue weighted by atomic mass is 10.1. The fourth-order valence-electron chi connectivity index (χ4n) is 1.35. The van der Waals surface area contributed by atoms with Crippen LogP contribution in [0.4, 0.5) is 0 Å². The van der Waals surface area contributed by atoms with Crippen molar-refractivity contribution < 1.29 is 23.8 Å². The quantitative estimate of drug-likeness (QED) is 0.610. The van der Waals surface area contributed by atoms with E-state index in [0.29, 0.717) is 13.0 Å². The highest BCUT2D eigenvalue weighted by atomic mass is 16.6. The van der Waals surface area contributed by atoms with Gasteiger partial charge in [0.05, 0.1) is 18.6 Å². The van der Waals surface area contributed by atoms with Gasteiger partial charge < -0.3 is 14.2 Å². The summed E-state index contributed by atoms with van der Waals surface area (Å²) in [5.41, 5.74) is 0. The van der Waals surface area contributed by atoms with E-state index in [1.807, 2.05) is 20.8 Å². The molecule has 0 aliphatic carbocycles. The standard InChI is InChI=1S/C15H28O5/c1-10(2)7-14(16)20-13(6)9-18-12(5)8-19-15(17)11(3)4/h10-13H,7-9H2,1-6H3. The van der Waals surface area contributed by atoms with Crippen LogP contribution >= 0.6 is 0 Å². The summed E-state index contributed by atoms with van der Waals surface area (Å²) < 4.78 is 15.7. The molecule has 0 N–H and O–H groups in total. The average Bonchev–Trinajstić information content (AvgIpc) is 2.31. The molecule has 5 heteroatoms. The van der Waals surface area contributed by atoms with Gasteiger partial charge in [-0.05, 0) is 19.8 Å². The maximum Gasteiger partial charge on any atom is 0.308 e. The molecule has 0 aliphatic heterocycles. The Balaban J connectivity index is 3.80. The van der Waals surface area contributed by atoms with Crippen LogP contribution in [0.25, 0.3) is 0 Å². The van der Waals surface area contributed by atoms with Crippen molar-refractivity contribution in [2.24, 2.45) is 11.8 Å². The zero-order chi connectivity index (χ0) is 15.7. The van der Waals surface area contributed by atoms with Crippen molar-refractivity contribution >= 4 is 11.9 Å². The summed E-state index contributed by atoms with van der Waals surface area (Å²) in [5, 5.41) is 0. The summed E-state index contributed by atoms with van der Waals surface area (Å²) in [6, 6.07) is 0. The molecule has 0 aromatic heterocycles. The molecule has 118 valence electrons. The Morgan fingerprint density at radius 1 is 0.900 bits per heavy atom. The number of hydrogen-bond donors (Lipinski definition) is 0. The van der Waals surface area contributed by atoms with Crippen LogP contribution in [0.2, 0.25) is 0 Å². The van der Waals surface area contributed by atoms with E-state index in [1.54, 1.807) is 20.8 Å². The topological polar surface area (TPSA) is 61.8 Å². The van der Waals surface area contributed by atoms with E-state index in [9.17, 15) is 9.59 Å². The van der Waals surface area contributed by atoms with Crippen molar-refractivity contribution in [1.29, 1.82) is 0 Å². The summed E-state index contributed by atoms with van der Waals surface area (Å²) in [6.45, 7) is 11.6. The summed E-state index contributed by atoms with van der Waals surface area (Å²) in [5.74, 6) is -0.310. The van der Waals surface area contributed by atoms with Crippen LogP contribution < -0.4 is 0 Å². The second-order valence-corrected chi connectivity index (χ2v) is 5.83. The average molecular weight is 288 g/mol. The second kappa shape index (κ2) is 9.75. The number of rotatable bonds is 9. The minimum absolute atomic E-state index is 0.141. The summed E-state index contributed by atoms with van der Waals surface area (Å²) in [7, 11) is 0. The molecule has 0 aromatic rings. The molecule has 0 radical (unpaired) electrons. The van der Waals surface area contributed by atoms with Gasteiger partial charge in [-0.15, -0.1) is 0 Å². The zero-order valence-corrected chi connectivity index (χ0v) is 13.5. The first kappa shape index (κ1) is 18.9. The third kappa shape index (κ3) is 9.78. The molecule has 0 aliphatic rings. The van der Waals surface area contributed by atoms with Gasteiger partial charge in [-0.25, -0.2) is 0 Å². The van der Waals surface area contributed by atoms with Crippen LogP contribution in [0, 0.1) is 11.8 Å². The Hall–Kier alpha value is -1.10. The van der Waals surface area contributed by atoms with E-state index in [2.05, 4.69) is 0 Å². The Morgan fingerprint density at radius 3 is 2.00 bits per heavy atom. The van der Waals surface area contributed by atoms with Gasteiger partial charge in [0.1, 0.15) is 12.7 Å². The molecule has 5 nitrogen and oxygen atoms in total. The Bertz CT molecular complexity index is 299. The molecule has 0 amide bonds. The van der Waals surface area contributed by atoms with Gasteiger partial charge in [0.15, 0.2) is 0 Å². The van der Waals surface area contributed by atoms with Crippen molar-refractivity contribution in [2.75, 3.05) is 13.2 Å². The first-order valence-corrected chi connectivity index (χ1v) is 7.20. The van der Waals surface area contributed by atoms with Crippen molar-refractivity contribution in [3.05, 3.63) is 0 Å². The van der Waals surface area contributed by atoms with Crippen LogP contribution in [0.1, 0.15) is 48.0 Å². The highest BCUT2D eigenvalue weighted by Crippen LogP contribution is 2.05. The highest BCUT2D eigenvalue weighted by Gasteiger charge is 2.14. The fraction of sp³-hybridized carbons (Fsp3) is 0.867.